The number of nitro groups is 1. The van der Waals surface area contributed by atoms with Crippen LogP contribution in [0.2, 0.25) is 0 Å². The number of rotatable bonds is 5. The highest BCUT2D eigenvalue weighted by molar-refractivity contribution is 5.88. The number of pyridine rings is 1. The van der Waals surface area contributed by atoms with E-state index >= 15 is 0 Å². The van der Waals surface area contributed by atoms with Crippen LogP contribution in [0.3, 0.4) is 0 Å². The van der Waals surface area contributed by atoms with Gasteiger partial charge >= 0.3 is 11.7 Å². The van der Waals surface area contributed by atoms with Gasteiger partial charge in [0.05, 0.1) is 22.9 Å². The molecule has 20 heavy (non-hydrogen) atoms. The fourth-order valence-corrected chi connectivity index (χ4v) is 1.45. The lowest BCUT2D eigenvalue weighted by molar-refractivity contribution is -0.386. The number of hydrogen-bond acceptors (Lipinski definition) is 6. The number of aryl methyl sites for hydroxylation is 1. The Bertz CT molecular complexity index is 667. The van der Waals surface area contributed by atoms with Crippen molar-refractivity contribution in [3.05, 3.63) is 40.3 Å². The molecule has 0 radical (unpaired) electrons. The Morgan fingerprint density at radius 2 is 2.30 bits per heavy atom. The zero-order valence-corrected chi connectivity index (χ0v) is 10.4. The molecule has 0 atom stereocenters. The fraction of sp³-hybridized carbons (Fsp3) is 0.182. The molecule has 0 saturated carbocycles. The zero-order valence-electron chi connectivity index (χ0n) is 10.4. The van der Waals surface area contributed by atoms with Gasteiger partial charge in [0.2, 0.25) is 0 Å². The van der Waals surface area contributed by atoms with Crippen LogP contribution in [0.25, 0.3) is 0 Å². The van der Waals surface area contributed by atoms with Crippen LogP contribution in [0, 0.1) is 10.1 Å². The molecule has 104 valence electrons. The third-order valence-corrected chi connectivity index (χ3v) is 2.42. The zero-order chi connectivity index (χ0) is 14.7. The van der Waals surface area contributed by atoms with Crippen LogP contribution in [-0.4, -0.2) is 30.8 Å². The van der Waals surface area contributed by atoms with E-state index in [9.17, 15) is 14.9 Å². The van der Waals surface area contributed by atoms with E-state index in [0.29, 0.717) is 6.54 Å². The van der Waals surface area contributed by atoms with E-state index in [4.69, 9.17) is 9.84 Å². The van der Waals surface area contributed by atoms with Crippen molar-refractivity contribution in [3.63, 3.8) is 0 Å². The summed E-state index contributed by atoms with van der Waals surface area (Å²) in [5, 5.41) is 23.7. The lowest BCUT2D eigenvalue weighted by Crippen LogP contribution is -2.02. The minimum atomic E-state index is -1.30. The van der Waals surface area contributed by atoms with Gasteiger partial charge in [-0.2, -0.15) is 5.10 Å². The predicted molar refractivity (Wildman–Crippen MR) is 65.8 cm³/mol. The number of hydrogen-bond donors (Lipinski definition) is 1. The van der Waals surface area contributed by atoms with Crippen LogP contribution in [-0.2, 0) is 6.54 Å². The third-order valence-electron chi connectivity index (χ3n) is 2.42. The van der Waals surface area contributed by atoms with E-state index in [2.05, 4.69) is 10.1 Å². The lowest BCUT2D eigenvalue weighted by atomic mass is 10.2. The SMILES string of the molecule is CCn1cc(Oc2ncc(C(=O)O)cc2[N+](=O)[O-])cn1. The summed E-state index contributed by atoms with van der Waals surface area (Å²) >= 11 is 0. The molecule has 2 aromatic rings. The number of ether oxygens (including phenoxy) is 1. The highest BCUT2D eigenvalue weighted by Crippen LogP contribution is 2.29. The van der Waals surface area contributed by atoms with E-state index < -0.39 is 16.6 Å². The second-order valence-electron chi connectivity index (χ2n) is 3.74. The lowest BCUT2D eigenvalue weighted by Gasteiger charge is -2.03. The van der Waals surface area contributed by atoms with Gasteiger partial charge in [0.1, 0.15) is 0 Å². The van der Waals surface area contributed by atoms with E-state index in [1.54, 1.807) is 10.9 Å². The summed E-state index contributed by atoms with van der Waals surface area (Å²) in [6, 6.07) is 0.898. The fourth-order valence-electron chi connectivity index (χ4n) is 1.45. The van der Waals surface area contributed by atoms with Crippen molar-refractivity contribution in [2.24, 2.45) is 0 Å². The molecule has 9 nitrogen and oxygen atoms in total. The topological polar surface area (TPSA) is 120 Å². The Morgan fingerprint density at radius 3 is 2.85 bits per heavy atom. The second kappa shape index (κ2) is 5.34. The maximum absolute atomic E-state index is 10.9. The second-order valence-corrected chi connectivity index (χ2v) is 3.74. The Labute approximate surface area is 112 Å². The van der Waals surface area contributed by atoms with Crippen LogP contribution in [0.4, 0.5) is 5.69 Å². The molecule has 0 aromatic carbocycles. The highest BCUT2D eigenvalue weighted by Gasteiger charge is 2.21. The molecule has 1 N–H and O–H groups in total. The van der Waals surface area contributed by atoms with Crippen LogP contribution >= 0.6 is 0 Å². The highest BCUT2D eigenvalue weighted by atomic mass is 16.6. The maximum Gasteiger partial charge on any atom is 0.337 e. The molecule has 0 aliphatic carbocycles. The quantitative estimate of drug-likeness (QED) is 0.652. The summed E-state index contributed by atoms with van der Waals surface area (Å²) in [5.41, 5.74) is -0.803. The average molecular weight is 278 g/mol. The van der Waals surface area contributed by atoms with E-state index in [1.165, 1.54) is 6.20 Å². The number of aromatic nitrogens is 3. The number of carboxylic acids is 1. The molecule has 0 spiro atoms. The molecule has 2 aromatic heterocycles. The van der Waals surface area contributed by atoms with Crippen molar-refractivity contribution < 1.29 is 19.6 Å². The predicted octanol–water partition coefficient (Wildman–Crippen LogP) is 1.70. The Morgan fingerprint density at radius 1 is 1.55 bits per heavy atom. The molecule has 0 unspecified atom stereocenters. The first-order valence-electron chi connectivity index (χ1n) is 5.59. The Hall–Kier alpha value is -2.97. The smallest absolute Gasteiger partial charge is 0.337 e. The maximum atomic E-state index is 10.9. The molecular weight excluding hydrogens is 268 g/mol. The summed E-state index contributed by atoms with van der Waals surface area (Å²) in [4.78, 5) is 24.6. The van der Waals surface area contributed by atoms with Gasteiger partial charge in [-0.1, -0.05) is 0 Å². The number of carboxylic acid groups (broad SMARTS) is 1. The van der Waals surface area contributed by atoms with Crippen molar-refractivity contribution in [1.82, 2.24) is 14.8 Å². The standard InChI is InChI=1S/C11H10N4O5/c1-2-14-6-8(5-13-14)20-10-9(15(18)19)3-7(4-12-10)11(16)17/h3-6H,2H2,1H3,(H,16,17). The largest absolute Gasteiger partial charge is 0.478 e. The molecule has 0 amide bonds. The Balaban J connectivity index is 2.35. The van der Waals surface area contributed by atoms with Gasteiger partial charge in [-0.25, -0.2) is 9.78 Å². The third kappa shape index (κ3) is 2.71. The minimum Gasteiger partial charge on any atom is -0.478 e. The molecular formula is C11H10N4O5. The van der Waals surface area contributed by atoms with Gasteiger partial charge in [0.25, 0.3) is 5.88 Å². The number of aromatic carboxylic acids is 1. The molecule has 2 heterocycles. The van der Waals surface area contributed by atoms with Crippen molar-refractivity contribution >= 4 is 11.7 Å². The minimum absolute atomic E-state index is 0.282. The van der Waals surface area contributed by atoms with Gasteiger partial charge in [-0.15, -0.1) is 0 Å². The first kappa shape index (κ1) is 13.5. The van der Waals surface area contributed by atoms with Gasteiger partial charge in [-0.3, -0.25) is 14.8 Å². The van der Waals surface area contributed by atoms with Gasteiger partial charge in [-0.05, 0) is 6.92 Å². The summed E-state index contributed by atoms with van der Waals surface area (Å²) in [7, 11) is 0. The first-order chi connectivity index (χ1) is 9.51. The van der Waals surface area contributed by atoms with Crippen LogP contribution in [0.15, 0.2) is 24.7 Å². The monoisotopic (exact) mass is 278 g/mol. The molecule has 2 rings (SSSR count). The number of nitrogens with zero attached hydrogens (tertiary/aromatic N) is 4. The van der Waals surface area contributed by atoms with Gasteiger partial charge in [0.15, 0.2) is 5.75 Å². The summed E-state index contributed by atoms with van der Waals surface area (Å²) < 4.78 is 6.84. The summed E-state index contributed by atoms with van der Waals surface area (Å²) in [6.07, 6.45) is 3.94. The van der Waals surface area contributed by atoms with Gasteiger partial charge < -0.3 is 9.84 Å². The average Bonchev–Trinajstić information content (AvgIpc) is 2.86. The van der Waals surface area contributed by atoms with E-state index in [-0.39, 0.29) is 17.2 Å². The van der Waals surface area contributed by atoms with Crippen molar-refractivity contribution in [3.8, 4) is 11.6 Å². The first-order valence-corrected chi connectivity index (χ1v) is 5.59. The van der Waals surface area contributed by atoms with E-state index in [1.807, 2.05) is 6.92 Å². The van der Waals surface area contributed by atoms with Crippen LogP contribution < -0.4 is 4.74 Å². The van der Waals surface area contributed by atoms with E-state index in [0.717, 1.165) is 12.3 Å². The summed E-state index contributed by atoms with van der Waals surface area (Å²) in [6.45, 7) is 2.50. The van der Waals surface area contributed by atoms with Crippen molar-refractivity contribution in [2.75, 3.05) is 0 Å². The molecule has 9 heteroatoms. The molecule has 0 fully saturated rings. The van der Waals surface area contributed by atoms with Crippen LogP contribution in [0.5, 0.6) is 11.6 Å². The normalized spacial score (nSPS) is 10.2. The summed E-state index contributed by atoms with van der Waals surface area (Å²) in [5.74, 6) is -1.30. The molecule has 0 aliphatic rings. The van der Waals surface area contributed by atoms with Gasteiger partial charge in [0, 0.05) is 18.8 Å². The van der Waals surface area contributed by atoms with Crippen molar-refractivity contribution in [1.29, 1.82) is 0 Å². The van der Waals surface area contributed by atoms with Crippen molar-refractivity contribution in [2.45, 2.75) is 13.5 Å². The Kier molecular flexibility index (Phi) is 3.60. The van der Waals surface area contributed by atoms with Crippen LogP contribution in [0.1, 0.15) is 17.3 Å². The molecule has 0 bridgehead atoms. The molecule has 0 saturated heterocycles. The number of carbonyl (C=O) groups is 1. The molecule has 0 aliphatic heterocycles.